The van der Waals surface area contributed by atoms with Crippen molar-refractivity contribution in [3.8, 4) is 11.5 Å². The van der Waals surface area contributed by atoms with Crippen LogP contribution in [0.5, 0.6) is 11.5 Å². The van der Waals surface area contributed by atoms with Crippen molar-refractivity contribution in [3.05, 3.63) is 74.1 Å². The average molecular weight is 412 g/mol. The molecule has 0 radical (unpaired) electrons. The van der Waals surface area contributed by atoms with Gasteiger partial charge >= 0.3 is 0 Å². The summed E-state index contributed by atoms with van der Waals surface area (Å²) in [5.41, 5.74) is 2.07. The van der Waals surface area contributed by atoms with Gasteiger partial charge in [0.05, 0.1) is 20.3 Å². The van der Waals surface area contributed by atoms with Crippen molar-refractivity contribution >= 4 is 34.7 Å². The second-order valence-electron chi connectivity index (χ2n) is 6.41. The third kappa shape index (κ3) is 3.45. The highest BCUT2D eigenvalue weighted by Gasteiger charge is 2.32. The molecule has 1 amide bonds. The number of hydrogen-bond acceptors (Lipinski definition) is 5. The molecular weight excluding hydrogens is 390 g/mol. The summed E-state index contributed by atoms with van der Waals surface area (Å²) >= 11 is 3.47. The molecule has 1 aromatic carbocycles. The number of methoxy groups -OCH3 is 2. The van der Waals surface area contributed by atoms with Gasteiger partial charge in [0.2, 0.25) is 5.91 Å². The monoisotopic (exact) mass is 411 g/mol. The molecule has 1 aliphatic heterocycles. The first-order valence-electron chi connectivity index (χ1n) is 9.02. The molecule has 0 N–H and O–H groups in total. The van der Waals surface area contributed by atoms with E-state index in [-0.39, 0.29) is 11.9 Å². The van der Waals surface area contributed by atoms with Gasteiger partial charge in [0, 0.05) is 27.9 Å². The van der Waals surface area contributed by atoms with Gasteiger partial charge < -0.3 is 14.4 Å². The number of hydrogen-bond donors (Lipinski definition) is 0. The molecule has 2 aromatic heterocycles. The van der Waals surface area contributed by atoms with E-state index in [0.29, 0.717) is 18.0 Å². The maximum atomic E-state index is 13.1. The summed E-state index contributed by atoms with van der Waals surface area (Å²) in [6.07, 6.45) is 4.34. The highest BCUT2D eigenvalue weighted by Crippen LogP contribution is 2.39. The van der Waals surface area contributed by atoms with Crippen LogP contribution in [0.25, 0.3) is 6.08 Å². The van der Waals surface area contributed by atoms with Crippen LogP contribution in [0.2, 0.25) is 0 Å². The van der Waals surface area contributed by atoms with Crippen molar-refractivity contribution in [1.29, 1.82) is 0 Å². The first-order valence-corrected chi connectivity index (χ1v) is 10.8. The zero-order valence-electron chi connectivity index (χ0n) is 15.8. The lowest BCUT2D eigenvalue weighted by atomic mass is 9.98. The molecule has 0 bridgehead atoms. The number of carbonyl (C=O) groups excluding carboxylic acids is 1. The second kappa shape index (κ2) is 8.20. The van der Waals surface area contributed by atoms with E-state index in [4.69, 9.17) is 9.47 Å². The summed E-state index contributed by atoms with van der Waals surface area (Å²) in [7, 11) is 3.21. The molecule has 4 nitrogen and oxygen atoms in total. The fraction of sp³-hybridized carbons (Fsp3) is 0.227. The smallest absolute Gasteiger partial charge is 0.247 e. The Morgan fingerprint density at radius 1 is 1.11 bits per heavy atom. The molecule has 28 heavy (non-hydrogen) atoms. The molecular formula is C22H21NO3S2. The maximum Gasteiger partial charge on any atom is 0.247 e. The van der Waals surface area contributed by atoms with Crippen LogP contribution in [-0.2, 0) is 11.2 Å². The Morgan fingerprint density at radius 3 is 2.75 bits per heavy atom. The van der Waals surface area contributed by atoms with Crippen molar-refractivity contribution in [2.75, 3.05) is 20.8 Å². The van der Waals surface area contributed by atoms with Crippen molar-refractivity contribution in [1.82, 2.24) is 4.90 Å². The Labute approximate surface area is 172 Å². The summed E-state index contributed by atoms with van der Waals surface area (Å²) in [6.45, 7) is 0.717. The van der Waals surface area contributed by atoms with Crippen molar-refractivity contribution in [2.45, 2.75) is 12.5 Å². The third-order valence-electron chi connectivity index (χ3n) is 4.90. The molecule has 4 rings (SSSR count). The van der Waals surface area contributed by atoms with Gasteiger partial charge in [-0.05, 0) is 47.0 Å². The minimum atomic E-state index is -0.0145. The number of thiophene rings is 2. The number of amides is 1. The van der Waals surface area contributed by atoms with E-state index < -0.39 is 0 Å². The summed E-state index contributed by atoms with van der Waals surface area (Å²) in [4.78, 5) is 17.7. The number of para-hydroxylation sites is 1. The molecule has 144 valence electrons. The van der Waals surface area contributed by atoms with E-state index >= 15 is 0 Å². The summed E-state index contributed by atoms with van der Waals surface area (Å²) in [5, 5.41) is 4.19. The van der Waals surface area contributed by atoms with Crippen LogP contribution >= 0.6 is 22.7 Å². The van der Waals surface area contributed by atoms with Crippen LogP contribution in [0.1, 0.15) is 26.9 Å². The van der Waals surface area contributed by atoms with Gasteiger partial charge in [0.25, 0.3) is 0 Å². The quantitative estimate of drug-likeness (QED) is 0.554. The van der Waals surface area contributed by atoms with Gasteiger partial charge in [-0.2, -0.15) is 0 Å². The first kappa shape index (κ1) is 18.8. The summed E-state index contributed by atoms with van der Waals surface area (Å²) in [5.74, 6) is 1.28. The van der Waals surface area contributed by atoms with Gasteiger partial charge in [0.15, 0.2) is 11.5 Å². The van der Waals surface area contributed by atoms with Gasteiger partial charge in [-0.3, -0.25) is 4.79 Å². The standard InChI is InChI=1S/C22H21NO3S2/c1-25-17-6-3-5-15(22(17)26-2)8-9-20(24)23-12-10-18-16(11-14-28-18)21(23)19-7-4-13-27-19/h3-9,11,13-14,21H,10,12H2,1-2H3/b9-8+/t21-/m0/s1. The van der Waals surface area contributed by atoms with Crippen molar-refractivity contribution in [2.24, 2.45) is 0 Å². The second-order valence-corrected chi connectivity index (χ2v) is 8.39. The Morgan fingerprint density at radius 2 is 2.00 bits per heavy atom. The first-order chi connectivity index (χ1) is 13.7. The Kier molecular flexibility index (Phi) is 5.50. The zero-order valence-corrected chi connectivity index (χ0v) is 17.4. The molecule has 0 spiro atoms. The lowest BCUT2D eigenvalue weighted by molar-refractivity contribution is -0.127. The Balaban J connectivity index is 1.64. The van der Waals surface area contributed by atoms with Crippen molar-refractivity contribution < 1.29 is 14.3 Å². The highest BCUT2D eigenvalue weighted by molar-refractivity contribution is 7.10. The summed E-state index contributed by atoms with van der Waals surface area (Å²) in [6, 6.07) is 11.9. The maximum absolute atomic E-state index is 13.1. The van der Waals surface area contributed by atoms with Crippen LogP contribution < -0.4 is 9.47 Å². The van der Waals surface area contributed by atoms with E-state index in [1.54, 1.807) is 49.0 Å². The average Bonchev–Trinajstić information content (AvgIpc) is 3.42. The van der Waals surface area contributed by atoms with Gasteiger partial charge in [0.1, 0.15) is 0 Å². The molecule has 1 aliphatic rings. The van der Waals surface area contributed by atoms with Crippen molar-refractivity contribution in [3.63, 3.8) is 0 Å². The van der Waals surface area contributed by atoms with Crippen LogP contribution in [0.15, 0.2) is 53.2 Å². The molecule has 3 heterocycles. The van der Waals surface area contributed by atoms with E-state index in [2.05, 4.69) is 22.9 Å². The van der Waals surface area contributed by atoms with Gasteiger partial charge in [-0.15, -0.1) is 22.7 Å². The van der Waals surface area contributed by atoms with E-state index in [0.717, 1.165) is 12.0 Å². The molecule has 3 aromatic rings. The number of benzene rings is 1. The van der Waals surface area contributed by atoms with Crippen LogP contribution in [0.4, 0.5) is 0 Å². The fourth-order valence-electron chi connectivity index (χ4n) is 3.61. The van der Waals surface area contributed by atoms with E-state index in [1.165, 1.54) is 15.3 Å². The zero-order chi connectivity index (χ0) is 19.5. The molecule has 6 heteroatoms. The number of carbonyl (C=O) groups is 1. The number of nitrogens with zero attached hydrogens (tertiary/aromatic N) is 1. The Hall–Kier alpha value is -2.57. The Bertz CT molecular complexity index is 991. The lowest BCUT2D eigenvalue weighted by Gasteiger charge is -2.34. The molecule has 0 saturated heterocycles. The lowest BCUT2D eigenvalue weighted by Crippen LogP contribution is -2.38. The highest BCUT2D eigenvalue weighted by atomic mass is 32.1. The van der Waals surface area contributed by atoms with Crippen LogP contribution in [0, 0.1) is 0 Å². The minimum absolute atomic E-state index is 0.000114. The summed E-state index contributed by atoms with van der Waals surface area (Å²) < 4.78 is 10.8. The molecule has 1 atom stereocenters. The predicted octanol–water partition coefficient (Wildman–Crippen LogP) is 5.01. The predicted molar refractivity (Wildman–Crippen MR) is 114 cm³/mol. The normalized spacial score (nSPS) is 16.2. The van der Waals surface area contributed by atoms with E-state index in [9.17, 15) is 4.79 Å². The molecule has 0 unspecified atom stereocenters. The number of fused-ring (bicyclic) bond motifs is 1. The van der Waals surface area contributed by atoms with E-state index in [1.807, 2.05) is 29.2 Å². The van der Waals surface area contributed by atoms with Gasteiger partial charge in [-0.1, -0.05) is 18.2 Å². The number of rotatable bonds is 5. The fourth-order valence-corrected chi connectivity index (χ4v) is 5.37. The minimum Gasteiger partial charge on any atom is -0.493 e. The molecule has 0 saturated carbocycles. The van der Waals surface area contributed by atoms with Gasteiger partial charge in [-0.25, -0.2) is 0 Å². The van der Waals surface area contributed by atoms with Crippen LogP contribution in [0.3, 0.4) is 0 Å². The largest absolute Gasteiger partial charge is 0.493 e. The SMILES string of the molecule is COc1cccc(/C=C/C(=O)N2CCc3sccc3[C@H]2c2cccs2)c1OC. The molecule has 0 fully saturated rings. The molecule has 0 aliphatic carbocycles. The number of ether oxygens (including phenoxy) is 2. The van der Waals surface area contributed by atoms with Crippen LogP contribution in [-0.4, -0.2) is 31.6 Å². The third-order valence-corrected chi connectivity index (χ3v) is 6.82. The topological polar surface area (TPSA) is 38.8 Å².